The predicted octanol–water partition coefficient (Wildman–Crippen LogP) is 2.56. The van der Waals surface area contributed by atoms with Gasteiger partial charge in [-0.05, 0) is 36.2 Å². The van der Waals surface area contributed by atoms with E-state index in [1.165, 1.54) is 19.2 Å². The fraction of sp³-hybridized carbons (Fsp3) is 0.222. The van der Waals surface area contributed by atoms with E-state index in [-0.39, 0.29) is 22.8 Å². The minimum atomic E-state index is -4.09. The third-order valence-electron chi connectivity index (χ3n) is 4.17. The lowest BCUT2D eigenvalue weighted by Gasteiger charge is -2.35. The number of anilines is 2. The molecule has 0 N–H and O–H groups in total. The molecule has 0 aromatic heterocycles. The highest BCUT2D eigenvalue weighted by Gasteiger charge is 2.43. The second-order valence-corrected chi connectivity index (χ2v) is 7.46. The van der Waals surface area contributed by atoms with Crippen LogP contribution in [0.3, 0.4) is 0 Å². The van der Waals surface area contributed by atoms with Crippen LogP contribution in [-0.2, 0) is 26.0 Å². The number of hydrogen-bond acceptors (Lipinski definition) is 5. The lowest BCUT2D eigenvalue weighted by atomic mass is 10.1. The van der Waals surface area contributed by atoms with Crippen molar-refractivity contribution in [3.05, 3.63) is 54.1 Å². The van der Waals surface area contributed by atoms with Gasteiger partial charge in [-0.2, -0.15) is 4.31 Å². The predicted molar refractivity (Wildman–Crippen MR) is 96.7 cm³/mol. The Balaban J connectivity index is 2.15. The number of ether oxygens (including phenoxy) is 1. The van der Waals surface area contributed by atoms with Crippen LogP contribution < -0.4 is 9.21 Å². The highest BCUT2D eigenvalue weighted by Crippen LogP contribution is 2.37. The Morgan fingerprint density at radius 2 is 1.73 bits per heavy atom. The summed E-state index contributed by atoms with van der Waals surface area (Å²) in [5.41, 5.74) is 1.39. The zero-order valence-electron chi connectivity index (χ0n) is 14.4. The van der Waals surface area contributed by atoms with Gasteiger partial charge in [0, 0.05) is 0 Å². The topological polar surface area (TPSA) is 84.0 Å². The first kappa shape index (κ1) is 17.9. The number of aryl methyl sites for hydroxylation is 1. The van der Waals surface area contributed by atoms with Gasteiger partial charge >= 0.3 is 12.0 Å². The summed E-state index contributed by atoms with van der Waals surface area (Å²) in [6.45, 7) is 1.59. The summed E-state index contributed by atoms with van der Waals surface area (Å²) in [6, 6.07) is 12.0. The van der Waals surface area contributed by atoms with Gasteiger partial charge in [0.05, 0.1) is 18.5 Å². The summed E-state index contributed by atoms with van der Waals surface area (Å²) in [4.78, 5) is 25.8. The van der Waals surface area contributed by atoms with Gasteiger partial charge < -0.3 is 4.74 Å². The molecule has 136 valence electrons. The number of carbonyl (C=O) groups excluding carboxylic acids is 2. The van der Waals surface area contributed by atoms with Crippen LogP contribution in [0.25, 0.3) is 0 Å². The molecule has 0 fully saturated rings. The van der Waals surface area contributed by atoms with Crippen molar-refractivity contribution in [1.82, 2.24) is 0 Å². The number of urea groups is 1. The molecule has 0 atom stereocenters. The number of fused-ring (bicyclic) bond motifs is 1. The average Bonchev–Trinajstić information content (AvgIpc) is 2.65. The van der Waals surface area contributed by atoms with Crippen LogP contribution in [-0.4, -0.2) is 34.1 Å². The van der Waals surface area contributed by atoms with E-state index in [1.807, 2.05) is 6.92 Å². The zero-order chi connectivity index (χ0) is 18.9. The van der Waals surface area contributed by atoms with E-state index in [0.717, 1.165) is 21.2 Å². The molecule has 2 amide bonds. The van der Waals surface area contributed by atoms with Gasteiger partial charge in [0.2, 0.25) is 0 Å². The smallest absolute Gasteiger partial charge is 0.343 e. The second kappa shape index (κ2) is 6.80. The zero-order valence-corrected chi connectivity index (χ0v) is 15.2. The van der Waals surface area contributed by atoms with E-state index in [4.69, 9.17) is 0 Å². The van der Waals surface area contributed by atoms with E-state index >= 15 is 0 Å². The number of esters is 1. The quantitative estimate of drug-likeness (QED) is 0.768. The molecule has 0 spiro atoms. The van der Waals surface area contributed by atoms with Gasteiger partial charge in [-0.1, -0.05) is 31.2 Å². The standard InChI is InChI=1S/C18H18N2O5S/c1-3-13-8-10-14(11-9-13)20-18(22)19(12-17(21)25-2)15-6-4-5-7-16(15)26(20,23)24/h4-11H,3,12H2,1-2H3. The summed E-state index contributed by atoms with van der Waals surface area (Å²) in [5.74, 6) is -0.645. The fourth-order valence-corrected chi connectivity index (χ4v) is 4.37. The SMILES string of the molecule is CCc1ccc(N2C(=O)N(CC(=O)OC)c3ccccc3S2(=O)=O)cc1. The highest BCUT2D eigenvalue weighted by atomic mass is 32.2. The van der Waals surface area contributed by atoms with E-state index < -0.39 is 22.0 Å². The van der Waals surface area contributed by atoms with Crippen molar-refractivity contribution in [3.8, 4) is 0 Å². The Kier molecular flexibility index (Phi) is 4.69. The van der Waals surface area contributed by atoms with Crippen molar-refractivity contribution in [3.63, 3.8) is 0 Å². The van der Waals surface area contributed by atoms with Crippen molar-refractivity contribution in [1.29, 1.82) is 0 Å². The number of amides is 2. The van der Waals surface area contributed by atoms with Gasteiger partial charge in [-0.3, -0.25) is 9.69 Å². The molecule has 0 bridgehead atoms. The number of benzene rings is 2. The molecule has 3 rings (SSSR count). The van der Waals surface area contributed by atoms with Crippen LogP contribution in [0.5, 0.6) is 0 Å². The Bertz CT molecular complexity index is 954. The molecule has 8 heteroatoms. The second-order valence-electron chi connectivity index (χ2n) is 5.70. The fourth-order valence-electron chi connectivity index (χ4n) is 2.77. The third-order valence-corrected chi connectivity index (χ3v) is 5.92. The Hall–Kier alpha value is -2.87. The molecule has 0 unspecified atom stereocenters. The number of hydrogen-bond donors (Lipinski definition) is 0. The lowest BCUT2D eigenvalue weighted by Crippen LogP contribution is -2.52. The van der Waals surface area contributed by atoms with E-state index in [2.05, 4.69) is 4.74 Å². The number of rotatable bonds is 4. The van der Waals surface area contributed by atoms with Gasteiger partial charge in [-0.25, -0.2) is 13.2 Å². The van der Waals surface area contributed by atoms with Crippen LogP contribution in [0, 0.1) is 0 Å². The van der Waals surface area contributed by atoms with Crippen molar-refractivity contribution in [2.24, 2.45) is 0 Å². The Labute approximate surface area is 151 Å². The molecule has 0 radical (unpaired) electrons. The molecule has 7 nitrogen and oxygen atoms in total. The molecule has 26 heavy (non-hydrogen) atoms. The summed E-state index contributed by atoms with van der Waals surface area (Å²) in [5, 5.41) is 0. The van der Waals surface area contributed by atoms with Crippen LogP contribution in [0.15, 0.2) is 53.4 Å². The largest absolute Gasteiger partial charge is 0.468 e. The summed E-state index contributed by atoms with van der Waals surface area (Å²) >= 11 is 0. The Morgan fingerprint density at radius 3 is 2.35 bits per heavy atom. The molecule has 0 saturated heterocycles. The minimum Gasteiger partial charge on any atom is -0.468 e. The molecular formula is C18H18N2O5S. The molecule has 2 aromatic rings. The number of nitrogens with zero attached hydrogens (tertiary/aromatic N) is 2. The number of methoxy groups -OCH3 is 1. The lowest BCUT2D eigenvalue weighted by molar-refractivity contribution is -0.138. The Morgan fingerprint density at radius 1 is 1.08 bits per heavy atom. The van der Waals surface area contributed by atoms with Crippen molar-refractivity contribution >= 4 is 33.4 Å². The number of para-hydroxylation sites is 1. The van der Waals surface area contributed by atoms with Gasteiger partial charge in [0.25, 0.3) is 10.0 Å². The number of sulfonamides is 1. The van der Waals surface area contributed by atoms with E-state index in [9.17, 15) is 18.0 Å². The van der Waals surface area contributed by atoms with Crippen molar-refractivity contribution < 1.29 is 22.7 Å². The monoisotopic (exact) mass is 374 g/mol. The molecule has 0 saturated carbocycles. The average molecular weight is 374 g/mol. The highest BCUT2D eigenvalue weighted by molar-refractivity contribution is 7.94. The molecule has 1 heterocycles. The van der Waals surface area contributed by atoms with E-state index in [0.29, 0.717) is 0 Å². The number of carbonyl (C=O) groups is 2. The summed E-state index contributed by atoms with van der Waals surface area (Å²) in [7, 11) is -2.88. The molecule has 1 aliphatic heterocycles. The molecule has 2 aromatic carbocycles. The van der Waals surface area contributed by atoms with Gasteiger partial charge in [-0.15, -0.1) is 0 Å². The van der Waals surface area contributed by atoms with Crippen LogP contribution in [0.4, 0.5) is 16.2 Å². The normalized spacial score (nSPS) is 15.5. The van der Waals surface area contributed by atoms with E-state index in [1.54, 1.807) is 36.4 Å². The van der Waals surface area contributed by atoms with Crippen LogP contribution in [0.1, 0.15) is 12.5 Å². The van der Waals surface area contributed by atoms with Crippen LogP contribution in [0.2, 0.25) is 0 Å². The molecular weight excluding hydrogens is 356 g/mol. The third kappa shape index (κ3) is 2.92. The minimum absolute atomic E-state index is 0.0388. The first-order valence-corrected chi connectivity index (χ1v) is 9.45. The van der Waals surface area contributed by atoms with Gasteiger partial charge in [0.1, 0.15) is 11.4 Å². The molecule has 1 aliphatic rings. The van der Waals surface area contributed by atoms with Crippen LogP contribution >= 0.6 is 0 Å². The maximum absolute atomic E-state index is 13.0. The maximum Gasteiger partial charge on any atom is 0.343 e. The summed E-state index contributed by atoms with van der Waals surface area (Å²) in [6.07, 6.45) is 0.790. The molecule has 0 aliphatic carbocycles. The first-order chi connectivity index (χ1) is 12.4. The van der Waals surface area contributed by atoms with Crippen molar-refractivity contribution in [2.75, 3.05) is 22.9 Å². The first-order valence-electron chi connectivity index (χ1n) is 8.01. The maximum atomic E-state index is 13.0. The summed E-state index contributed by atoms with van der Waals surface area (Å²) < 4.78 is 31.4. The van der Waals surface area contributed by atoms with Gasteiger partial charge in [0.15, 0.2) is 0 Å². The van der Waals surface area contributed by atoms with Crippen molar-refractivity contribution in [2.45, 2.75) is 18.2 Å².